The topological polar surface area (TPSA) is 123 Å². The highest BCUT2D eigenvalue weighted by Gasteiger charge is 2.24. The maximum atomic E-state index is 12.5. The molecule has 0 unspecified atom stereocenters. The summed E-state index contributed by atoms with van der Waals surface area (Å²) in [5, 5.41) is 6.97. The van der Waals surface area contributed by atoms with Gasteiger partial charge in [0.2, 0.25) is 0 Å². The first-order chi connectivity index (χ1) is 13.9. The lowest BCUT2D eigenvalue weighted by Gasteiger charge is -2.18. The lowest BCUT2D eigenvalue weighted by molar-refractivity contribution is -0.150. The number of hydrogen-bond acceptors (Lipinski definition) is 7. The highest BCUT2D eigenvalue weighted by molar-refractivity contribution is 7.98. The zero-order valence-corrected chi connectivity index (χ0v) is 17.2. The van der Waals surface area contributed by atoms with Crippen LogP contribution in [0.2, 0.25) is 0 Å². The van der Waals surface area contributed by atoms with E-state index in [9.17, 15) is 19.2 Å². The number of para-hydroxylation sites is 1. The Balaban J connectivity index is 2.68. The van der Waals surface area contributed by atoms with Crippen molar-refractivity contribution >= 4 is 35.6 Å². The molecule has 9 nitrogen and oxygen atoms in total. The number of thioether (sulfide) groups is 1. The molecule has 0 heterocycles. The first-order valence-corrected chi connectivity index (χ1v) is 10.1. The van der Waals surface area contributed by atoms with E-state index in [1.54, 1.807) is 24.3 Å². The number of urea groups is 1. The van der Waals surface area contributed by atoms with Crippen LogP contribution >= 0.6 is 11.8 Å². The number of esters is 1. The molecule has 158 valence electrons. The second-order valence-corrected chi connectivity index (χ2v) is 6.65. The minimum absolute atomic E-state index is 0.185. The average Bonchev–Trinajstić information content (AvgIpc) is 2.73. The molecule has 0 aliphatic carbocycles. The van der Waals surface area contributed by atoms with Crippen molar-refractivity contribution in [2.24, 2.45) is 0 Å². The molecule has 0 radical (unpaired) electrons. The minimum Gasteiger partial charge on any atom is -0.496 e. The van der Waals surface area contributed by atoms with Crippen LogP contribution in [0.3, 0.4) is 0 Å². The molecule has 1 atom stereocenters. The number of carbonyl (C=O) groups is 4. The number of amides is 4. The molecular formula is C19H25N3O6S. The summed E-state index contributed by atoms with van der Waals surface area (Å²) in [5.74, 6) is -1.11. The fraction of sp³-hybridized carbons (Fsp3) is 0.368. The summed E-state index contributed by atoms with van der Waals surface area (Å²) in [6, 6.07) is 4.91. The molecule has 0 spiro atoms. The summed E-state index contributed by atoms with van der Waals surface area (Å²) >= 11 is 1.49. The van der Waals surface area contributed by atoms with E-state index in [2.05, 4.69) is 17.2 Å². The van der Waals surface area contributed by atoms with Gasteiger partial charge in [0.15, 0.2) is 6.61 Å². The van der Waals surface area contributed by atoms with E-state index in [-0.39, 0.29) is 12.1 Å². The van der Waals surface area contributed by atoms with Crippen molar-refractivity contribution in [1.82, 2.24) is 16.0 Å². The quantitative estimate of drug-likeness (QED) is 0.360. The van der Waals surface area contributed by atoms with Gasteiger partial charge in [-0.15, -0.1) is 6.58 Å². The van der Waals surface area contributed by atoms with Gasteiger partial charge in [-0.05, 0) is 30.6 Å². The molecule has 0 aliphatic rings. The molecule has 0 aliphatic heterocycles. The van der Waals surface area contributed by atoms with Gasteiger partial charge in [-0.2, -0.15) is 11.8 Å². The van der Waals surface area contributed by atoms with Crippen LogP contribution < -0.4 is 20.7 Å². The van der Waals surface area contributed by atoms with Gasteiger partial charge in [0, 0.05) is 6.54 Å². The Bertz CT molecular complexity index is 740. The average molecular weight is 423 g/mol. The Hall–Kier alpha value is -3.01. The third-order valence-corrected chi connectivity index (χ3v) is 4.20. The summed E-state index contributed by atoms with van der Waals surface area (Å²) in [6.45, 7) is 2.96. The van der Waals surface area contributed by atoms with Crippen molar-refractivity contribution in [3.63, 3.8) is 0 Å². The maximum Gasteiger partial charge on any atom is 0.329 e. The Labute approximate surface area is 173 Å². The van der Waals surface area contributed by atoms with Crippen LogP contribution in [-0.4, -0.2) is 62.1 Å². The van der Waals surface area contributed by atoms with Crippen molar-refractivity contribution in [3.8, 4) is 5.75 Å². The molecule has 3 N–H and O–H groups in total. The van der Waals surface area contributed by atoms with Crippen LogP contribution in [0, 0.1) is 0 Å². The molecule has 0 saturated carbocycles. The first kappa shape index (κ1) is 24.0. The number of benzene rings is 1. The number of imide groups is 1. The number of rotatable bonds is 11. The third kappa shape index (κ3) is 8.69. The molecule has 1 aromatic carbocycles. The summed E-state index contributed by atoms with van der Waals surface area (Å²) in [4.78, 5) is 48.0. The van der Waals surface area contributed by atoms with E-state index in [0.29, 0.717) is 17.9 Å². The van der Waals surface area contributed by atoms with Gasteiger partial charge < -0.3 is 20.1 Å². The fourth-order valence-electron chi connectivity index (χ4n) is 2.16. The molecule has 0 saturated heterocycles. The fourth-order valence-corrected chi connectivity index (χ4v) is 2.63. The largest absolute Gasteiger partial charge is 0.496 e. The van der Waals surface area contributed by atoms with Crippen molar-refractivity contribution < 1.29 is 28.7 Å². The molecule has 0 bridgehead atoms. The maximum absolute atomic E-state index is 12.5. The molecule has 1 aromatic rings. The van der Waals surface area contributed by atoms with Gasteiger partial charge >= 0.3 is 12.0 Å². The van der Waals surface area contributed by atoms with Gasteiger partial charge in [-0.1, -0.05) is 18.2 Å². The SMILES string of the molecule is C=CCNC(=O)NC(=O)COC(=O)[C@@H](CCSC)NC(=O)c1ccccc1OC. The number of nitrogens with one attached hydrogen (secondary N) is 3. The van der Waals surface area contributed by atoms with Crippen molar-refractivity contribution in [3.05, 3.63) is 42.5 Å². The standard InChI is InChI=1S/C19H25N3O6S/c1-4-10-20-19(26)22-16(23)12-28-18(25)14(9-11-29-3)21-17(24)13-7-5-6-8-15(13)27-2/h4-8,14H,1,9-12H2,2-3H3,(H,21,24)(H2,20,22,23,26)/t14-/m1/s1. The van der Waals surface area contributed by atoms with Crippen molar-refractivity contribution in [1.29, 1.82) is 0 Å². The smallest absolute Gasteiger partial charge is 0.329 e. The Morgan fingerprint density at radius 3 is 2.62 bits per heavy atom. The van der Waals surface area contributed by atoms with Gasteiger partial charge in [0.05, 0.1) is 12.7 Å². The Morgan fingerprint density at radius 2 is 1.97 bits per heavy atom. The summed E-state index contributed by atoms with van der Waals surface area (Å²) in [7, 11) is 1.44. The van der Waals surface area contributed by atoms with Crippen LogP contribution in [0.25, 0.3) is 0 Å². The second-order valence-electron chi connectivity index (χ2n) is 5.66. The molecule has 4 amide bonds. The minimum atomic E-state index is -0.956. The highest BCUT2D eigenvalue weighted by atomic mass is 32.2. The van der Waals surface area contributed by atoms with Crippen LogP contribution in [0.4, 0.5) is 4.79 Å². The number of carbonyl (C=O) groups excluding carboxylic acids is 4. The van der Waals surface area contributed by atoms with Crippen molar-refractivity contribution in [2.75, 3.05) is 32.3 Å². The van der Waals surface area contributed by atoms with Gasteiger partial charge in [0.25, 0.3) is 11.8 Å². The predicted molar refractivity (Wildman–Crippen MR) is 110 cm³/mol. The van der Waals surface area contributed by atoms with Crippen molar-refractivity contribution in [2.45, 2.75) is 12.5 Å². The van der Waals surface area contributed by atoms with E-state index in [1.165, 1.54) is 24.9 Å². The van der Waals surface area contributed by atoms with Crippen LogP contribution in [0.15, 0.2) is 36.9 Å². The van der Waals surface area contributed by atoms with E-state index < -0.39 is 36.5 Å². The molecule has 29 heavy (non-hydrogen) atoms. The van der Waals surface area contributed by atoms with Gasteiger partial charge in [0.1, 0.15) is 11.8 Å². The van der Waals surface area contributed by atoms with E-state index in [0.717, 1.165) is 0 Å². The predicted octanol–water partition coefficient (Wildman–Crippen LogP) is 1.10. The van der Waals surface area contributed by atoms with E-state index in [1.807, 2.05) is 11.6 Å². The second kappa shape index (κ2) is 13.2. The summed E-state index contributed by atoms with van der Waals surface area (Å²) in [6.07, 6.45) is 3.62. The lowest BCUT2D eigenvalue weighted by Crippen LogP contribution is -2.45. The summed E-state index contributed by atoms with van der Waals surface area (Å²) < 4.78 is 10.1. The zero-order chi connectivity index (χ0) is 21.6. The third-order valence-electron chi connectivity index (χ3n) is 3.56. The molecule has 0 aromatic heterocycles. The van der Waals surface area contributed by atoms with Crippen LogP contribution in [0.1, 0.15) is 16.8 Å². The number of hydrogen-bond donors (Lipinski definition) is 3. The summed E-state index contributed by atoms with van der Waals surface area (Å²) in [5.41, 5.74) is 0.272. The normalized spacial score (nSPS) is 11.0. The Kier molecular flexibility index (Phi) is 10.9. The van der Waals surface area contributed by atoms with Crippen LogP contribution in [0.5, 0.6) is 5.75 Å². The Morgan fingerprint density at radius 1 is 1.24 bits per heavy atom. The van der Waals surface area contributed by atoms with Gasteiger partial charge in [-0.3, -0.25) is 14.9 Å². The van der Waals surface area contributed by atoms with E-state index in [4.69, 9.17) is 9.47 Å². The van der Waals surface area contributed by atoms with Gasteiger partial charge in [-0.25, -0.2) is 9.59 Å². The zero-order valence-electron chi connectivity index (χ0n) is 16.4. The van der Waals surface area contributed by atoms with E-state index >= 15 is 0 Å². The molecule has 1 rings (SSSR count). The van der Waals surface area contributed by atoms with Crippen LogP contribution in [-0.2, 0) is 14.3 Å². The monoisotopic (exact) mass is 423 g/mol. The number of ether oxygens (including phenoxy) is 2. The molecule has 0 fully saturated rings. The lowest BCUT2D eigenvalue weighted by atomic mass is 10.1. The number of methoxy groups -OCH3 is 1. The highest BCUT2D eigenvalue weighted by Crippen LogP contribution is 2.17. The molecular weight excluding hydrogens is 398 g/mol. The molecule has 10 heteroatoms. The first-order valence-electron chi connectivity index (χ1n) is 8.71.